The lowest BCUT2D eigenvalue weighted by Gasteiger charge is -2.31. The number of nitrogens with one attached hydrogen (secondary N) is 1. The summed E-state index contributed by atoms with van der Waals surface area (Å²) in [5.41, 5.74) is 4.22. The van der Waals surface area contributed by atoms with Crippen LogP contribution >= 0.6 is 23.4 Å². The quantitative estimate of drug-likeness (QED) is 0.374. The maximum atomic E-state index is 13.5. The maximum absolute atomic E-state index is 13.5. The van der Waals surface area contributed by atoms with Gasteiger partial charge in [0.15, 0.2) is 0 Å². The highest BCUT2D eigenvalue weighted by molar-refractivity contribution is 7.99. The summed E-state index contributed by atoms with van der Waals surface area (Å²) in [4.78, 5) is 28.4. The summed E-state index contributed by atoms with van der Waals surface area (Å²) >= 11 is 7.63. The lowest BCUT2D eigenvalue weighted by Crippen LogP contribution is -2.51. The van der Waals surface area contributed by atoms with Crippen molar-refractivity contribution in [2.75, 3.05) is 12.3 Å². The van der Waals surface area contributed by atoms with E-state index in [-0.39, 0.29) is 17.6 Å². The van der Waals surface area contributed by atoms with Crippen molar-refractivity contribution in [1.29, 1.82) is 0 Å². The third-order valence-electron chi connectivity index (χ3n) is 5.44. The number of carbonyl (C=O) groups excluding carboxylic acids is 2. The van der Waals surface area contributed by atoms with Crippen molar-refractivity contribution in [3.8, 4) is 0 Å². The fourth-order valence-corrected chi connectivity index (χ4v) is 4.89. The molecule has 0 aliphatic heterocycles. The first-order valence-electron chi connectivity index (χ1n) is 11.4. The lowest BCUT2D eigenvalue weighted by atomic mass is 10.0. The van der Waals surface area contributed by atoms with Crippen molar-refractivity contribution in [1.82, 2.24) is 10.2 Å². The Hall–Kier alpha value is -2.76. The van der Waals surface area contributed by atoms with Crippen LogP contribution in [0.25, 0.3) is 0 Å². The van der Waals surface area contributed by atoms with Gasteiger partial charge >= 0.3 is 0 Å². The average molecular weight is 495 g/mol. The number of aryl methyl sites for hydroxylation is 1. The molecule has 4 nitrogen and oxygen atoms in total. The van der Waals surface area contributed by atoms with E-state index in [1.807, 2.05) is 86.6 Å². The van der Waals surface area contributed by atoms with Crippen LogP contribution in [0, 0.1) is 6.92 Å². The molecule has 2 amide bonds. The van der Waals surface area contributed by atoms with E-state index in [1.165, 1.54) is 11.8 Å². The van der Waals surface area contributed by atoms with Gasteiger partial charge in [-0.2, -0.15) is 0 Å². The first kappa shape index (κ1) is 25.9. The van der Waals surface area contributed by atoms with Crippen LogP contribution in [0.4, 0.5) is 0 Å². The van der Waals surface area contributed by atoms with Gasteiger partial charge in [0.25, 0.3) is 0 Å². The summed E-state index contributed by atoms with van der Waals surface area (Å²) in [6.45, 7) is 4.82. The zero-order valence-corrected chi connectivity index (χ0v) is 21.2. The maximum Gasteiger partial charge on any atom is 0.243 e. The third-order valence-corrected chi connectivity index (χ3v) is 6.66. The molecule has 3 aromatic carbocycles. The Bertz CT molecular complexity index is 1090. The van der Waals surface area contributed by atoms with Crippen LogP contribution in [0.3, 0.4) is 0 Å². The van der Waals surface area contributed by atoms with Crippen LogP contribution in [0.1, 0.15) is 29.2 Å². The van der Waals surface area contributed by atoms with Gasteiger partial charge in [-0.1, -0.05) is 83.9 Å². The molecule has 6 heteroatoms. The molecule has 0 spiro atoms. The van der Waals surface area contributed by atoms with E-state index in [0.717, 1.165) is 22.3 Å². The van der Waals surface area contributed by atoms with Crippen molar-refractivity contribution in [2.24, 2.45) is 0 Å². The van der Waals surface area contributed by atoms with Crippen LogP contribution in [0.15, 0.2) is 78.9 Å². The second kappa shape index (κ2) is 13.2. The fraction of sp³-hybridized carbons (Fsp3) is 0.286. The van der Waals surface area contributed by atoms with Crippen LogP contribution in [-0.2, 0) is 28.3 Å². The number of hydrogen-bond acceptors (Lipinski definition) is 3. The zero-order chi connectivity index (χ0) is 24.3. The minimum absolute atomic E-state index is 0.0549. The Morgan fingerprint density at radius 3 is 2.35 bits per heavy atom. The Balaban J connectivity index is 1.82. The van der Waals surface area contributed by atoms with Crippen molar-refractivity contribution in [3.63, 3.8) is 0 Å². The molecule has 0 aliphatic rings. The first-order valence-corrected chi connectivity index (χ1v) is 13.0. The van der Waals surface area contributed by atoms with Crippen molar-refractivity contribution in [3.05, 3.63) is 106 Å². The number of rotatable bonds is 11. The highest BCUT2D eigenvalue weighted by atomic mass is 35.5. The Labute approximate surface area is 211 Å². The van der Waals surface area contributed by atoms with Gasteiger partial charge in [-0.3, -0.25) is 9.59 Å². The van der Waals surface area contributed by atoms with E-state index in [9.17, 15) is 9.59 Å². The number of thioether (sulfide) groups is 1. The Morgan fingerprint density at radius 2 is 1.65 bits per heavy atom. The molecule has 34 heavy (non-hydrogen) atoms. The summed E-state index contributed by atoms with van der Waals surface area (Å²) in [6.07, 6.45) is 0.461. The van der Waals surface area contributed by atoms with E-state index in [1.54, 1.807) is 4.90 Å². The van der Waals surface area contributed by atoms with E-state index in [0.29, 0.717) is 30.3 Å². The number of likely N-dealkylation sites (N-methyl/N-ethyl adjacent to an activating group) is 1. The van der Waals surface area contributed by atoms with Gasteiger partial charge in [0.2, 0.25) is 11.8 Å². The molecule has 0 radical (unpaired) electrons. The van der Waals surface area contributed by atoms with Crippen LogP contribution in [0.2, 0.25) is 5.02 Å². The van der Waals surface area contributed by atoms with Crippen LogP contribution in [0.5, 0.6) is 0 Å². The molecular weight excluding hydrogens is 464 g/mol. The number of benzene rings is 3. The van der Waals surface area contributed by atoms with E-state index >= 15 is 0 Å². The van der Waals surface area contributed by atoms with Gasteiger partial charge < -0.3 is 10.2 Å². The molecule has 0 saturated carbocycles. The third kappa shape index (κ3) is 7.93. The Morgan fingerprint density at radius 1 is 0.941 bits per heavy atom. The zero-order valence-electron chi connectivity index (χ0n) is 19.7. The number of nitrogens with zero attached hydrogens (tertiary/aromatic N) is 1. The summed E-state index contributed by atoms with van der Waals surface area (Å²) < 4.78 is 0. The topological polar surface area (TPSA) is 49.4 Å². The molecule has 1 N–H and O–H groups in total. The highest BCUT2D eigenvalue weighted by Crippen LogP contribution is 2.20. The van der Waals surface area contributed by atoms with Crippen molar-refractivity contribution in [2.45, 2.75) is 38.6 Å². The summed E-state index contributed by atoms with van der Waals surface area (Å²) in [5, 5.41) is 3.62. The summed E-state index contributed by atoms with van der Waals surface area (Å²) in [6, 6.07) is 25.0. The summed E-state index contributed by atoms with van der Waals surface area (Å²) in [5.74, 6) is 0.769. The minimum Gasteiger partial charge on any atom is -0.355 e. The molecule has 0 heterocycles. The Kier molecular flexibility index (Phi) is 10.0. The molecule has 0 aromatic heterocycles. The molecule has 178 valence electrons. The van der Waals surface area contributed by atoms with Gasteiger partial charge in [0.05, 0.1) is 5.75 Å². The van der Waals surface area contributed by atoms with Gasteiger partial charge in [-0.05, 0) is 42.7 Å². The van der Waals surface area contributed by atoms with Crippen LogP contribution < -0.4 is 5.32 Å². The number of hydrogen-bond donors (Lipinski definition) is 1. The number of halogens is 1. The van der Waals surface area contributed by atoms with Gasteiger partial charge in [0.1, 0.15) is 6.04 Å². The van der Waals surface area contributed by atoms with E-state index < -0.39 is 6.04 Å². The smallest absolute Gasteiger partial charge is 0.243 e. The monoisotopic (exact) mass is 494 g/mol. The molecule has 1 atom stereocenters. The second-order valence-electron chi connectivity index (χ2n) is 8.23. The molecular formula is C28H31ClN2O2S. The summed E-state index contributed by atoms with van der Waals surface area (Å²) in [7, 11) is 0. The number of carbonyl (C=O) groups is 2. The molecule has 3 aromatic rings. The molecule has 0 saturated heterocycles. The molecule has 0 aliphatic carbocycles. The fourth-order valence-electron chi connectivity index (χ4n) is 3.82. The van der Waals surface area contributed by atoms with Gasteiger partial charge in [0, 0.05) is 30.3 Å². The van der Waals surface area contributed by atoms with Gasteiger partial charge in [-0.15, -0.1) is 11.8 Å². The lowest BCUT2D eigenvalue weighted by molar-refractivity contribution is -0.139. The molecule has 3 rings (SSSR count). The number of amides is 2. The highest BCUT2D eigenvalue weighted by Gasteiger charge is 2.30. The van der Waals surface area contributed by atoms with Crippen LogP contribution in [-0.4, -0.2) is 35.1 Å². The second-order valence-corrected chi connectivity index (χ2v) is 9.66. The molecule has 0 bridgehead atoms. The predicted octanol–water partition coefficient (Wildman–Crippen LogP) is 5.66. The average Bonchev–Trinajstić information content (AvgIpc) is 2.82. The first-order chi connectivity index (χ1) is 16.5. The molecule has 0 fully saturated rings. The normalized spacial score (nSPS) is 11.6. The minimum atomic E-state index is -0.595. The standard InChI is InChI=1S/C28H31ClN2O2S/c1-3-30-28(33)26(17-22-10-5-4-6-11-22)31(18-23-12-7-9-21(2)15-23)27(32)20-34-19-24-13-8-14-25(29)16-24/h4-16,26H,3,17-20H2,1-2H3,(H,30,33)/t26-/m0/s1. The van der Waals surface area contributed by atoms with Crippen molar-refractivity contribution < 1.29 is 9.59 Å². The largest absolute Gasteiger partial charge is 0.355 e. The van der Waals surface area contributed by atoms with E-state index in [2.05, 4.69) is 11.4 Å². The van der Waals surface area contributed by atoms with Crippen molar-refractivity contribution >= 4 is 35.2 Å². The SMILES string of the molecule is CCNC(=O)[C@H](Cc1ccccc1)N(Cc1cccc(C)c1)C(=O)CSCc1cccc(Cl)c1. The van der Waals surface area contributed by atoms with Gasteiger partial charge in [-0.25, -0.2) is 0 Å². The predicted molar refractivity (Wildman–Crippen MR) is 142 cm³/mol. The van der Waals surface area contributed by atoms with E-state index in [4.69, 9.17) is 11.6 Å². The molecule has 0 unspecified atom stereocenters.